The van der Waals surface area contributed by atoms with E-state index in [2.05, 4.69) is 9.97 Å². The molecule has 0 aliphatic heterocycles. The predicted molar refractivity (Wildman–Crippen MR) is 41.8 cm³/mol. The monoisotopic (exact) mass is 149 g/mol. The summed E-state index contributed by atoms with van der Waals surface area (Å²) in [6.45, 7) is 0. The van der Waals surface area contributed by atoms with Crippen molar-refractivity contribution >= 4 is 17.3 Å². The maximum Gasteiger partial charge on any atom is 0.181 e. The highest BCUT2D eigenvalue weighted by molar-refractivity contribution is 5.62. The maximum absolute atomic E-state index is 5.56. The molecule has 0 radical (unpaired) electrons. The third-order valence-corrected chi connectivity index (χ3v) is 1.48. The van der Waals surface area contributed by atoms with Crippen LogP contribution >= 0.6 is 0 Å². The Morgan fingerprint density at radius 2 is 2.09 bits per heavy atom. The molecule has 0 atom stereocenters. The number of nitrogen functional groups attached to an aromatic ring is 2. The number of hydrogen-bond donors (Lipinski definition) is 2. The van der Waals surface area contributed by atoms with E-state index >= 15 is 0 Å². The Labute approximate surface area is 62.7 Å². The van der Waals surface area contributed by atoms with Gasteiger partial charge in [0.15, 0.2) is 11.5 Å². The molecular weight excluding hydrogens is 142 g/mol. The molecule has 0 unspecified atom stereocenters. The normalized spacial score (nSPS) is 10.5. The lowest BCUT2D eigenvalue weighted by molar-refractivity contribution is 1.14. The topological polar surface area (TPSA) is 82.2 Å². The molecule has 2 heterocycles. The Morgan fingerprint density at radius 1 is 1.27 bits per heavy atom. The van der Waals surface area contributed by atoms with Gasteiger partial charge in [0.05, 0.1) is 6.20 Å². The summed E-state index contributed by atoms with van der Waals surface area (Å²) >= 11 is 0. The van der Waals surface area contributed by atoms with Gasteiger partial charge in [0, 0.05) is 12.4 Å². The third kappa shape index (κ3) is 0.706. The van der Waals surface area contributed by atoms with E-state index in [9.17, 15) is 0 Å². The fraction of sp³-hybridized carbons (Fsp3) is 0. The first kappa shape index (κ1) is 5.96. The molecule has 0 aromatic carbocycles. The van der Waals surface area contributed by atoms with Gasteiger partial charge in [0.1, 0.15) is 5.82 Å². The number of rotatable bonds is 0. The lowest BCUT2D eigenvalue weighted by Crippen LogP contribution is -1.97. The first-order chi connectivity index (χ1) is 5.29. The van der Waals surface area contributed by atoms with Crippen molar-refractivity contribution in [2.75, 3.05) is 11.5 Å². The quantitative estimate of drug-likeness (QED) is 0.547. The minimum absolute atomic E-state index is 0.393. The second kappa shape index (κ2) is 1.85. The lowest BCUT2D eigenvalue weighted by Gasteiger charge is -1.95. The van der Waals surface area contributed by atoms with E-state index in [0.717, 1.165) is 0 Å². The van der Waals surface area contributed by atoms with Gasteiger partial charge in [0.2, 0.25) is 0 Å². The second-order valence-corrected chi connectivity index (χ2v) is 2.19. The van der Waals surface area contributed by atoms with Gasteiger partial charge in [-0.3, -0.25) is 4.40 Å². The number of hydrogen-bond acceptors (Lipinski definition) is 4. The summed E-state index contributed by atoms with van der Waals surface area (Å²) in [6.07, 6.45) is 4.85. The van der Waals surface area contributed by atoms with Crippen LogP contribution in [0.2, 0.25) is 0 Å². The molecule has 5 heteroatoms. The Morgan fingerprint density at radius 3 is 2.82 bits per heavy atom. The number of anilines is 2. The van der Waals surface area contributed by atoms with Crippen LogP contribution in [-0.4, -0.2) is 14.4 Å². The van der Waals surface area contributed by atoms with Crippen LogP contribution in [0.5, 0.6) is 0 Å². The first-order valence-corrected chi connectivity index (χ1v) is 3.12. The average molecular weight is 149 g/mol. The largest absolute Gasteiger partial charge is 0.383 e. The van der Waals surface area contributed by atoms with Gasteiger partial charge in [-0.25, -0.2) is 9.97 Å². The van der Waals surface area contributed by atoms with Crippen molar-refractivity contribution in [2.24, 2.45) is 0 Å². The standard InChI is InChI=1S/C6H7N5/c7-4-3-10-6-5(8)9-1-2-11(4)6/h1-3H,7H2,(H2,8,9). The summed E-state index contributed by atoms with van der Waals surface area (Å²) in [5, 5.41) is 0. The molecule has 11 heavy (non-hydrogen) atoms. The average Bonchev–Trinajstić information content (AvgIpc) is 2.35. The molecule has 0 fully saturated rings. The van der Waals surface area contributed by atoms with Crippen LogP contribution in [0.25, 0.3) is 5.65 Å². The van der Waals surface area contributed by atoms with E-state index in [1.165, 1.54) is 0 Å². The van der Waals surface area contributed by atoms with Gasteiger partial charge < -0.3 is 11.5 Å². The molecule has 5 nitrogen and oxygen atoms in total. The van der Waals surface area contributed by atoms with Crippen LogP contribution < -0.4 is 11.5 Å². The van der Waals surface area contributed by atoms with E-state index in [1.807, 2.05) is 0 Å². The van der Waals surface area contributed by atoms with E-state index in [1.54, 1.807) is 23.0 Å². The zero-order chi connectivity index (χ0) is 7.84. The Kier molecular flexibility index (Phi) is 1.00. The van der Waals surface area contributed by atoms with Crippen molar-refractivity contribution in [3.8, 4) is 0 Å². The molecule has 2 rings (SSSR count). The Balaban J connectivity index is 2.94. The minimum Gasteiger partial charge on any atom is -0.383 e. The van der Waals surface area contributed by atoms with Gasteiger partial charge in [-0.15, -0.1) is 0 Å². The zero-order valence-electron chi connectivity index (χ0n) is 5.73. The molecule has 0 bridgehead atoms. The summed E-state index contributed by atoms with van der Waals surface area (Å²) < 4.78 is 1.68. The highest BCUT2D eigenvalue weighted by Crippen LogP contribution is 2.11. The number of nitrogens with two attached hydrogens (primary N) is 2. The van der Waals surface area contributed by atoms with Gasteiger partial charge in [-0.05, 0) is 0 Å². The van der Waals surface area contributed by atoms with Crippen LogP contribution in [0.15, 0.2) is 18.6 Å². The molecule has 2 aromatic rings. The van der Waals surface area contributed by atoms with Crippen molar-refractivity contribution in [2.45, 2.75) is 0 Å². The summed E-state index contributed by atoms with van der Waals surface area (Å²) in [6, 6.07) is 0. The van der Waals surface area contributed by atoms with E-state index in [-0.39, 0.29) is 0 Å². The number of aromatic nitrogens is 3. The first-order valence-electron chi connectivity index (χ1n) is 3.12. The van der Waals surface area contributed by atoms with Gasteiger partial charge in [-0.2, -0.15) is 0 Å². The maximum atomic E-state index is 5.56. The van der Waals surface area contributed by atoms with Crippen molar-refractivity contribution < 1.29 is 0 Å². The molecule has 0 amide bonds. The molecular formula is C6H7N5. The Hall–Kier alpha value is -1.78. The lowest BCUT2D eigenvalue weighted by atomic mass is 10.6. The van der Waals surface area contributed by atoms with E-state index in [4.69, 9.17) is 11.5 Å². The number of imidazole rings is 1. The molecule has 0 saturated heterocycles. The van der Waals surface area contributed by atoms with Crippen molar-refractivity contribution in [1.29, 1.82) is 0 Å². The van der Waals surface area contributed by atoms with Gasteiger partial charge >= 0.3 is 0 Å². The second-order valence-electron chi connectivity index (χ2n) is 2.19. The van der Waals surface area contributed by atoms with Crippen LogP contribution in [-0.2, 0) is 0 Å². The molecule has 0 spiro atoms. The minimum atomic E-state index is 0.393. The summed E-state index contributed by atoms with van der Waals surface area (Å²) in [7, 11) is 0. The van der Waals surface area contributed by atoms with E-state index in [0.29, 0.717) is 17.3 Å². The van der Waals surface area contributed by atoms with Gasteiger partial charge in [0.25, 0.3) is 0 Å². The van der Waals surface area contributed by atoms with Crippen LogP contribution in [0.4, 0.5) is 11.6 Å². The predicted octanol–water partition coefficient (Wildman–Crippen LogP) is -0.106. The number of nitrogens with zero attached hydrogens (tertiary/aromatic N) is 3. The molecule has 56 valence electrons. The summed E-state index contributed by atoms with van der Waals surface area (Å²) in [5.41, 5.74) is 11.7. The van der Waals surface area contributed by atoms with Gasteiger partial charge in [-0.1, -0.05) is 0 Å². The van der Waals surface area contributed by atoms with Crippen LogP contribution in [0.3, 0.4) is 0 Å². The van der Waals surface area contributed by atoms with Crippen molar-refractivity contribution in [3.05, 3.63) is 18.6 Å². The fourth-order valence-corrected chi connectivity index (χ4v) is 0.958. The molecule has 0 aliphatic rings. The van der Waals surface area contributed by atoms with Crippen LogP contribution in [0.1, 0.15) is 0 Å². The molecule has 4 N–H and O–H groups in total. The molecule has 2 aromatic heterocycles. The highest BCUT2D eigenvalue weighted by atomic mass is 15.1. The Bertz CT molecular complexity index is 391. The highest BCUT2D eigenvalue weighted by Gasteiger charge is 2.01. The summed E-state index contributed by atoms with van der Waals surface area (Å²) in [4.78, 5) is 7.83. The molecule has 0 aliphatic carbocycles. The summed E-state index contributed by atoms with van der Waals surface area (Å²) in [5.74, 6) is 0.957. The van der Waals surface area contributed by atoms with Crippen molar-refractivity contribution in [3.63, 3.8) is 0 Å². The third-order valence-electron chi connectivity index (χ3n) is 1.48. The van der Waals surface area contributed by atoms with E-state index < -0.39 is 0 Å². The smallest absolute Gasteiger partial charge is 0.181 e. The molecule has 0 saturated carbocycles. The zero-order valence-corrected chi connectivity index (χ0v) is 5.73. The van der Waals surface area contributed by atoms with Crippen molar-refractivity contribution in [1.82, 2.24) is 14.4 Å². The SMILES string of the molecule is Nc1nccn2c(N)cnc12. The van der Waals surface area contributed by atoms with Crippen LogP contribution in [0, 0.1) is 0 Å². The number of fused-ring (bicyclic) bond motifs is 1. The fourth-order valence-electron chi connectivity index (χ4n) is 0.958.